The molecule has 3 heterocycles. The maximum atomic E-state index is 13.9. The molecule has 3 aliphatic heterocycles. The van der Waals surface area contributed by atoms with Gasteiger partial charge in [-0.1, -0.05) is 0 Å². The van der Waals surface area contributed by atoms with E-state index >= 15 is 0 Å². The van der Waals surface area contributed by atoms with Gasteiger partial charge in [-0.05, 0) is 44.0 Å². The zero-order chi connectivity index (χ0) is 14.3. The van der Waals surface area contributed by atoms with Crippen molar-refractivity contribution >= 4 is 11.7 Å². The van der Waals surface area contributed by atoms with Crippen molar-refractivity contribution in [1.82, 2.24) is 4.90 Å². The normalized spacial score (nSPS) is 28.4. The third-order valence-electron chi connectivity index (χ3n) is 4.27. The summed E-state index contributed by atoms with van der Waals surface area (Å²) in [5.41, 5.74) is -0.590. The first-order valence-corrected chi connectivity index (χ1v) is 6.76. The van der Waals surface area contributed by atoms with Crippen LogP contribution in [-0.4, -0.2) is 41.7 Å². The molecule has 0 aliphatic carbocycles. The van der Waals surface area contributed by atoms with Crippen molar-refractivity contribution < 1.29 is 18.7 Å². The average Bonchev–Trinajstić information content (AvgIpc) is 2.44. The van der Waals surface area contributed by atoms with Crippen molar-refractivity contribution in [2.24, 2.45) is 5.92 Å². The lowest BCUT2D eigenvalue weighted by molar-refractivity contribution is 0.0695. The van der Waals surface area contributed by atoms with Crippen LogP contribution in [0.1, 0.15) is 23.2 Å². The first-order chi connectivity index (χ1) is 9.54. The Morgan fingerprint density at radius 3 is 2.30 bits per heavy atom. The number of fused-ring (bicyclic) bond motifs is 3. The molecule has 2 N–H and O–H groups in total. The van der Waals surface area contributed by atoms with Crippen LogP contribution in [0.15, 0.2) is 12.1 Å². The van der Waals surface area contributed by atoms with Crippen LogP contribution in [0.25, 0.3) is 0 Å². The molecule has 0 amide bonds. The molecule has 1 aromatic carbocycles. The summed E-state index contributed by atoms with van der Waals surface area (Å²) in [6.07, 6.45) is 2.07. The number of nitrogens with one attached hydrogen (secondary N) is 1. The van der Waals surface area contributed by atoms with E-state index in [1.807, 2.05) is 0 Å². The number of hydrogen-bond acceptors (Lipinski definition) is 3. The summed E-state index contributed by atoms with van der Waals surface area (Å²) in [6, 6.07) is 1.74. The maximum Gasteiger partial charge on any atom is 0.335 e. The number of halogens is 2. The Labute approximate surface area is 115 Å². The highest BCUT2D eigenvalue weighted by Crippen LogP contribution is 2.31. The van der Waals surface area contributed by atoms with E-state index in [-0.39, 0.29) is 17.3 Å². The molecule has 0 aromatic heterocycles. The first kappa shape index (κ1) is 13.3. The van der Waals surface area contributed by atoms with Gasteiger partial charge in [0.05, 0.1) is 5.56 Å². The number of carboxylic acid groups (broad SMARTS) is 1. The summed E-state index contributed by atoms with van der Waals surface area (Å²) in [4.78, 5) is 13.0. The minimum absolute atomic E-state index is 0.0252. The quantitative estimate of drug-likeness (QED) is 0.892. The summed E-state index contributed by atoms with van der Waals surface area (Å²) in [6.45, 7) is 2.88. The second-order valence-corrected chi connectivity index (χ2v) is 5.51. The summed E-state index contributed by atoms with van der Waals surface area (Å²) < 4.78 is 27.8. The van der Waals surface area contributed by atoms with Gasteiger partial charge in [0.2, 0.25) is 0 Å². The SMILES string of the molecule is O=C(O)c1cc(F)c(NC2CN3CCC2CC3)c(F)c1. The Morgan fingerprint density at radius 2 is 1.85 bits per heavy atom. The standard InChI is InChI=1S/C14H16F2N2O2/c15-10-5-9(14(19)20)6-11(16)13(10)17-12-7-18-3-1-8(12)2-4-18/h5-6,8,12,17H,1-4,7H2,(H,19,20). The van der Waals surface area contributed by atoms with Gasteiger partial charge >= 0.3 is 5.97 Å². The van der Waals surface area contributed by atoms with Crippen LogP contribution in [-0.2, 0) is 0 Å². The average molecular weight is 282 g/mol. The highest BCUT2D eigenvalue weighted by atomic mass is 19.1. The molecular formula is C14H16F2N2O2. The van der Waals surface area contributed by atoms with Crippen LogP contribution in [0.2, 0.25) is 0 Å². The lowest BCUT2D eigenvalue weighted by atomic mass is 9.84. The lowest BCUT2D eigenvalue weighted by Gasteiger charge is -2.45. The van der Waals surface area contributed by atoms with E-state index in [9.17, 15) is 13.6 Å². The van der Waals surface area contributed by atoms with Crippen LogP contribution < -0.4 is 5.32 Å². The minimum Gasteiger partial charge on any atom is -0.478 e. The molecule has 20 heavy (non-hydrogen) atoms. The van der Waals surface area contributed by atoms with Gasteiger partial charge in [-0.25, -0.2) is 13.6 Å². The van der Waals surface area contributed by atoms with Crippen molar-refractivity contribution in [3.63, 3.8) is 0 Å². The van der Waals surface area contributed by atoms with Crippen molar-refractivity contribution in [3.8, 4) is 0 Å². The molecule has 4 nitrogen and oxygen atoms in total. The van der Waals surface area contributed by atoms with Gasteiger partial charge in [0.15, 0.2) is 0 Å². The van der Waals surface area contributed by atoms with Crippen molar-refractivity contribution in [3.05, 3.63) is 29.3 Å². The molecule has 4 rings (SSSR count). The van der Waals surface area contributed by atoms with E-state index < -0.39 is 17.6 Å². The Balaban J connectivity index is 1.82. The van der Waals surface area contributed by atoms with E-state index in [0.717, 1.165) is 44.6 Å². The minimum atomic E-state index is -1.34. The largest absolute Gasteiger partial charge is 0.478 e. The molecule has 1 unspecified atom stereocenters. The number of benzene rings is 1. The number of nitrogens with zero attached hydrogens (tertiary/aromatic N) is 1. The van der Waals surface area contributed by atoms with Crippen molar-refractivity contribution in [2.45, 2.75) is 18.9 Å². The fourth-order valence-corrected chi connectivity index (χ4v) is 3.15. The molecule has 3 saturated heterocycles. The highest BCUT2D eigenvalue weighted by molar-refractivity contribution is 5.88. The van der Waals surface area contributed by atoms with E-state index in [2.05, 4.69) is 10.2 Å². The topological polar surface area (TPSA) is 52.6 Å². The smallest absolute Gasteiger partial charge is 0.335 e. The number of piperidine rings is 3. The van der Waals surface area contributed by atoms with Gasteiger partial charge < -0.3 is 15.3 Å². The molecule has 1 aromatic rings. The van der Waals surface area contributed by atoms with Gasteiger partial charge in [-0.15, -0.1) is 0 Å². The lowest BCUT2D eigenvalue weighted by Crippen LogP contribution is -2.53. The van der Waals surface area contributed by atoms with Crippen LogP contribution in [0, 0.1) is 17.6 Å². The Bertz CT molecular complexity index is 519. The number of hydrogen-bond donors (Lipinski definition) is 2. The van der Waals surface area contributed by atoms with Gasteiger partial charge in [-0.2, -0.15) is 0 Å². The number of carboxylic acids is 1. The van der Waals surface area contributed by atoms with Crippen LogP contribution in [0.3, 0.4) is 0 Å². The van der Waals surface area contributed by atoms with Crippen LogP contribution in [0.4, 0.5) is 14.5 Å². The molecule has 6 heteroatoms. The number of carbonyl (C=O) groups is 1. The molecule has 0 spiro atoms. The van der Waals surface area contributed by atoms with Gasteiger partial charge in [0, 0.05) is 12.6 Å². The number of rotatable bonds is 3. The fourth-order valence-electron chi connectivity index (χ4n) is 3.15. The summed E-state index contributed by atoms with van der Waals surface area (Å²) in [7, 11) is 0. The summed E-state index contributed by atoms with van der Waals surface area (Å²) in [5, 5.41) is 11.7. The molecule has 3 aliphatic rings. The van der Waals surface area contributed by atoms with E-state index in [1.165, 1.54) is 0 Å². The predicted octanol–water partition coefficient (Wildman–Crippen LogP) is 2.17. The van der Waals surface area contributed by atoms with E-state index in [0.29, 0.717) is 5.92 Å². The summed E-state index contributed by atoms with van der Waals surface area (Å²) >= 11 is 0. The first-order valence-electron chi connectivity index (χ1n) is 6.76. The molecule has 2 bridgehead atoms. The Hall–Kier alpha value is -1.69. The van der Waals surface area contributed by atoms with Gasteiger partial charge in [0.1, 0.15) is 17.3 Å². The molecule has 108 valence electrons. The second kappa shape index (κ2) is 5.01. The zero-order valence-electron chi connectivity index (χ0n) is 10.9. The monoisotopic (exact) mass is 282 g/mol. The fraction of sp³-hybridized carbons (Fsp3) is 0.500. The maximum absolute atomic E-state index is 13.9. The van der Waals surface area contributed by atoms with Gasteiger partial charge in [0.25, 0.3) is 0 Å². The zero-order valence-corrected chi connectivity index (χ0v) is 10.9. The molecular weight excluding hydrogens is 266 g/mol. The Kier molecular flexibility index (Phi) is 3.33. The molecule has 1 atom stereocenters. The number of anilines is 1. The van der Waals surface area contributed by atoms with E-state index in [4.69, 9.17) is 5.11 Å². The van der Waals surface area contributed by atoms with Crippen molar-refractivity contribution in [1.29, 1.82) is 0 Å². The third-order valence-corrected chi connectivity index (χ3v) is 4.27. The second-order valence-electron chi connectivity index (χ2n) is 5.51. The van der Waals surface area contributed by atoms with Crippen LogP contribution >= 0.6 is 0 Å². The number of aromatic carboxylic acids is 1. The molecule has 0 saturated carbocycles. The summed E-state index contributed by atoms with van der Waals surface area (Å²) in [5.74, 6) is -2.60. The van der Waals surface area contributed by atoms with Crippen LogP contribution in [0.5, 0.6) is 0 Å². The van der Waals surface area contributed by atoms with E-state index in [1.54, 1.807) is 0 Å². The highest BCUT2D eigenvalue weighted by Gasteiger charge is 2.34. The molecule has 0 radical (unpaired) electrons. The predicted molar refractivity (Wildman–Crippen MR) is 69.9 cm³/mol. The van der Waals surface area contributed by atoms with Gasteiger partial charge in [-0.3, -0.25) is 0 Å². The third kappa shape index (κ3) is 2.35. The van der Waals surface area contributed by atoms with Crippen molar-refractivity contribution in [2.75, 3.05) is 25.0 Å². The molecule has 3 fully saturated rings. The Morgan fingerprint density at radius 1 is 1.25 bits per heavy atom.